The molecule has 0 saturated carbocycles. The summed E-state index contributed by atoms with van der Waals surface area (Å²) in [4.78, 5) is 29.3. The summed E-state index contributed by atoms with van der Waals surface area (Å²) in [6.45, 7) is 0.107. The molecular formula is C17H16N2O4S. The first-order valence-electron chi connectivity index (χ1n) is 7.40. The lowest BCUT2D eigenvalue weighted by molar-refractivity contribution is -0.141. The van der Waals surface area contributed by atoms with Gasteiger partial charge in [-0.25, -0.2) is 9.59 Å². The number of benzene rings is 1. The van der Waals surface area contributed by atoms with Gasteiger partial charge in [0.05, 0.1) is 0 Å². The fourth-order valence-electron chi connectivity index (χ4n) is 2.50. The normalized spacial score (nSPS) is 19.9. The van der Waals surface area contributed by atoms with Gasteiger partial charge in [-0.2, -0.15) is 0 Å². The quantitative estimate of drug-likeness (QED) is 0.919. The van der Waals surface area contributed by atoms with E-state index >= 15 is 0 Å². The van der Waals surface area contributed by atoms with E-state index in [9.17, 15) is 14.7 Å². The molecule has 0 radical (unpaired) electrons. The van der Waals surface area contributed by atoms with Gasteiger partial charge < -0.3 is 9.84 Å². The van der Waals surface area contributed by atoms with Crippen LogP contribution in [0.5, 0.6) is 0 Å². The molecule has 2 heterocycles. The Labute approximate surface area is 143 Å². The molecule has 6 nitrogen and oxygen atoms in total. The third-order valence-corrected chi connectivity index (χ3v) is 5.02. The molecule has 1 aromatic heterocycles. The van der Waals surface area contributed by atoms with Crippen molar-refractivity contribution >= 4 is 23.8 Å². The van der Waals surface area contributed by atoms with Crippen LogP contribution < -0.4 is 0 Å². The molecule has 1 aliphatic rings. The maximum absolute atomic E-state index is 12.5. The van der Waals surface area contributed by atoms with E-state index in [2.05, 4.69) is 4.98 Å². The summed E-state index contributed by atoms with van der Waals surface area (Å²) in [5.74, 6) is -0.710. The van der Waals surface area contributed by atoms with Crippen molar-refractivity contribution in [3.8, 4) is 0 Å². The molecule has 1 unspecified atom stereocenters. The van der Waals surface area contributed by atoms with Crippen molar-refractivity contribution in [2.45, 2.75) is 18.0 Å². The SMILES string of the molecule is O=C(O)[C@@H]1CSC(c2ccncc2)N1C(=O)OCc1ccccc1. The standard InChI is InChI=1S/C17H16N2O4S/c20-16(21)14-11-24-15(13-6-8-18-9-7-13)19(14)17(22)23-10-12-4-2-1-3-5-12/h1-9,14-15H,10-11H2,(H,20,21)/t14-,15?/m0/s1. The van der Waals surface area contributed by atoms with E-state index in [-0.39, 0.29) is 6.61 Å². The summed E-state index contributed by atoms with van der Waals surface area (Å²) >= 11 is 1.41. The van der Waals surface area contributed by atoms with Crippen molar-refractivity contribution in [3.63, 3.8) is 0 Å². The Morgan fingerprint density at radius 3 is 2.58 bits per heavy atom. The second kappa shape index (κ2) is 7.35. The summed E-state index contributed by atoms with van der Waals surface area (Å²) < 4.78 is 5.34. The molecule has 1 fully saturated rings. The lowest BCUT2D eigenvalue weighted by Gasteiger charge is -2.26. The average Bonchev–Trinajstić information content (AvgIpc) is 3.07. The van der Waals surface area contributed by atoms with Crippen LogP contribution in [0.1, 0.15) is 16.5 Å². The van der Waals surface area contributed by atoms with Crippen LogP contribution in [0.2, 0.25) is 0 Å². The Hall–Kier alpha value is -2.54. The number of carboxylic acid groups (broad SMARTS) is 1. The van der Waals surface area contributed by atoms with Crippen LogP contribution >= 0.6 is 11.8 Å². The second-order valence-electron chi connectivity index (χ2n) is 5.27. The zero-order valence-electron chi connectivity index (χ0n) is 12.7. The number of thioether (sulfide) groups is 1. The zero-order valence-corrected chi connectivity index (χ0v) is 13.6. The van der Waals surface area contributed by atoms with Crippen LogP contribution in [0.15, 0.2) is 54.9 Å². The lowest BCUT2D eigenvalue weighted by atomic mass is 10.2. The van der Waals surface area contributed by atoms with Gasteiger partial charge in [-0.1, -0.05) is 30.3 Å². The molecule has 0 spiro atoms. The molecule has 0 bridgehead atoms. The molecule has 1 aromatic carbocycles. The first kappa shape index (κ1) is 16.3. The van der Waals surface area contributed by atoms with Crippen molar-refractivity contribution in [1.82, 2.24) is 9.88 Å². The highest BCUT2D eigenvalue weighted by atomic mass is 32.2. The summed E-state index contributed by atoms with van der Waals surface area (Å²) in [5, 5.41) is 9.02. The number of aliphatic carboxylic acids is 1. The highest BCUT2D eigenvalue weighted by molar-refractivity contribution is 7.99. The number of hydrogen-bond acceptors (Lipinski definition) is 5. The number of rotatable bonds is 4. The van der Waals surface area contributed by atoms with E-state index in [0.29, 0.717) is 5.75 Å². The Kier molecular flexibility index (Phi) is 5.00. The highest BCUT2D eigenvalue weighted by Gasteiger charge is 2.43. The van der Waals surface area contributed by atoms with Crippen molar-refractivity contribution in [3.05, 3.63) is 66.0 Å². The highest BCUT2D eigenvalue weighted by Crippen LogP contribution is 2.41. The van der Waals surface area contributed by atoms with Crippen LogP contribution in [0.3, 0.4) is 0 Å². The number of ether oxygens (including phenoxy) is 1. The number of carbonyl (C=O) groups excluding carboxylic acids is 1. The maximum atomic E-state index is 12.5. The topological polar surface area (TPSA) is 79.7 Å². The number of hydrogen-bond donors (Lipinski definition) is 1. The van der Waals surface area contributed by atoms with Gasteiger partial charge in [-0.3, -0.25) is 9.88 Å². The predicted molar refractivity (Wildman–Crippen MR) is 89.3 cm³/mol. The minimum absolute atomic E-state index is 0.107. The fourth-order valence-corrected chi connectivity index (χ4v) is 3.91. The van der Waals surface area contributed by atoms with Gasteiger partial charge in [0, 0.05) is 18.1 Å². The summed E-state index contributed by atoms with van der Waals surface area (Å²) in [7, 11) is 0. The minimum atomic E-state index is -1.03. The molecule has 1 N–H and O–H groups in total. The minimum Gasteiger partial charge on any atom is -0.480 e. The zero-order chi connectivity index (χ0) is 16.9. The summed E-state index contributed by atoms with van der Waals surface area (Å²) in [5.41, 5.74) is 1.68. The Morgan fingerprint density at radius 1 is 1.21 bits per heavy atom. The van der Waals surface area contributed by atoms with E-state index < -0.39 is 23.5 Å². The van der Waals surface area contributed by atoms with E-state index in [4.69, 9.17) is 4.74 Å². The molecule has 7 heteroatoms. The van der Waals surface area contributed by atoms with Crippen LogP contribution in [0, 0.1) is 0 Å². The average molecular weight is 344 g/mol. The molecule has 1 aliphatic heterocycles. The van der Waals surface area contributed by atoms with Gasteiger partial charge in [-0.15, -0.1) is 11.8 Å². The molecule has 0 aliphatic carbocycles. The maximum Gasteiger partial charge on any atom is 0.412 e. The number of carbonyl (C=O) groups is 2. The number of pyridine rings is 1. The molecular weight excluding hydrogens is 328 g/mol. The van der Waals surface area contributed by atoms with Crippen LogP contribution in [-0.2, 0) is 16.1 Å². The number of nitrogens with zero attached hydrogens (tertiary/aromatic N) is 2. The largest absolute Gasteiger partial charge is 0.480 e. The van der Waals surface area contributed by atoms with Gasteiger partial charge in [0.1, 0.15) is 18.0 Å². The van der Waals surface area contributed by atoms with E-state index in [1.54, 1.807) is 24.5 Å². The first-order chi connectivity index (χ1) is 11.7. The fraction of sp³-hybridized carbons (Fsp3) is 0.235. The Balaban J connectivity index is 1.77. The molecule has 2 atom stereocenters. The molecule has 124 valence electrons. The second-order valence-corrected chi connectivity index (χ2v) is 6.38. The van der Waals surface area contributed by atoms with Crippen molar-refractivity contribution in [2.75, 3.05) is 5.75 Å². The Morgan fingerprint density at radius 2 is 1.92 bits per heavy atom. The molecule has 1 saturated heterocycles. The van der Waals surface area contributed by atoms with Crippen molar-refractivity contribution < 1.29 is 19.4 Å². The third-order valence-electron chi connectivity index (χ3n) is 3.69. The van der Waals surface area contributed by atoms with Crippen LogP contribution in [0.25, 0.3) is 0 Å². The van der Waals surface area contributed by atoms with E-state index in [0.717, 1.165) is 11.1 Å². The first-order valence-corrected chi connectivity index (χ1v) is 8.45. The number of amides is 1. The third kappa shape index (κ3) is 3.51. The van der Waals surface area contributed by atoms with Gasteiger partial charge in [0.15, 0.2) is 0 Å². The molecule has 2 aromatic rings. The van der Waals surface area contributed by atoms with Gasteiger partial charge >= 0.3 is 12.1 Å². The Bertz CT molecular complexity index is 711. The van der Waals surface area contributed by atoms with Crippen LogP contribution in [0.4, 0.5) is 4.79 Å². The smallest absolute Gasteiger partial charge is 0.412 e. The van der Waals surface area contributed by atoms with Crippen molar-refractivity contribution in [2.24, 2.45) is 0 Å². The van der Waals surface area contributed by atoms with Crippen LogP contribution in [-0.4, -0.2) is 38.8 Å². The van der Waals surface area contributed by atoms with Crippen molar-refractivity contribution in [1.29, 1.82) is 0 Å². The van der Waals surface area contributed by atoms with E-state index in [1.807, 2.05) is 30.3 Å². The number of aromatic nitrogens is 1. The molecule has 3 rings (SSSR count). The lowest BCUT2D eigenvalue weighted by Crippen LogP contribution is -2.43. The predicted octanol–water partition coefficient (Wildman–Crippen LogP) is 2.92. The number of carboxylic acids is 1. The van der Waals surface area contributed by atoms with Gasteiger partial charge in [0.25, 0.3) is 0 Å². The summed E-state index contributed by atoms with van der Waals surface area (Å²) in [6.07, 6.45) is 2.62. The summed E-state index contributed by atoms with van der Waals surface area (Å²) in [6, 6.07) is 11.9. The van der Waals surface area contributed by atoms with Gasteiger partial charge in [-0.05, 0) is 23.3 Å². The van der Waals surface area contributed by atoms with Gasteiger partial charge in [0.2, 0.25) is 0 Å². The molecule has 24 heavy (non-hydrogen) atoms. The molecule has 1 amide bonds. The monoisotopic (exact) mass is 344 g/mol. The van der Waals surface area contributed by atoms with E-state index in [1.165, 1.54) is 16.7 Å².